The summed E-state index contributed by atoms with van der Waals surface area (Å²) >= 11 is 0. The van der Waals surface area contributed by atoms with Crippen LogP contribution < -0.4 is 5.32 Å². The molecular formula is C24H28N2O5S2. The molecule has 0 radical (unpaired) electrons. The molecule has 1 aliphatic carbocycles. The van der Waals surface area contributed by atoms with Crippen LogP contribution in [0.3, 0.4) is 0 Å². The van der Waals surface area contributed by atoms with Crippen molar-refractivity contribution in [2.75, 3.05) is 12.3 Å². The molecule has 0 aliphatic heterocycles. The minimum Gasteiger partial charge on any atom is -0.343 e. The minimum atomic E-state index is -3.65. The number of carbonyl (C=O) groups is 1. The average molecular weight is 489 g/mol. The lowest BCUT2D eigenvalue weighted by molar-refractivity contribution is -0.127. The van der Waals surface area contributed by atoms with E-state index in [2.05, 4.69) is 5.32 Å². The third-order valence-electron chi connectivity index (χ3n) is 5.92. The summed E-state index contributed by atoms with van der Waals surface area (Å²) in [4.78, 5) is 12.5. The first-order valence-corrected chi connectivity index (χ1v) is 14.4. The van der Waals surface area contributed by atoms with E-state index in [0.29, 0.717) is 24.0 Å². The third kappa shape index (κ3) is 7.14. The second-order valence-electron chi connectivity index (χ2n) is 8.47. The third-order valence-corrected chi connectivity index (χ3v) is 9.32. The van der Waals surface area contributed by atoms with Crippen molar-refractivity contribution < 1.29 is 21.6 Å². The molecule has 0 spiro atoms. The maximum atomic E-state index is 13.0. The highest BCUT2D eigenvalue weighted by atomic mass is 32.2. The molecule has 3 rings (SSSR count). The zero-order chi connectivity index (χ0) is 23.9. The molecule has 1 amide bonds. The number of rotatable bonds is 9. The average Bonchev–Trinajstić information content (AvgIpc) is 2.78. The minimum absolute atomic E-state index is 0.0785. The van der Waals surface area contributed by atoms with Crippen molar-refractivity contribution in [1.82, 2.24) is 5.32 Å². The smallest absolute Gasteiger partial charge is 0.224 e. The predicted molar refractivity (Wildman–Crippen MR) is 125 cm³/mol. The number of benzene rings is 2. The molecule has 0 unspecified atom stereocenters. The lowest BCUT2D eigenvalue weighted by Crippen LogP contribution is -2.39. The second kappa shape index (κ2) is 10.9. The van der Waals surface area contributed by atoms with Crippen LogP contribution >= 0.6 is 0 Å². The van der Waals surface area contributed by atoms with Crippen molar-refractivity contribution in [1.29, 1.82) is 5.26 Å². The number of hydrogen-bond donors (Lipinski definition) is 1. The molecule has 1 aliphatic rings. The number of nitriles is 1. The summed E-state index contributed by atoms with van der Waals surface area (Å²) in [6.07, 6.45) is 2.96. The van der Waals surface area contributed by atoms with E-state index in [-0.39, 0.29) is 40.5 Å². The van der Waals surface area contributed by atoms with Gasteiger partial charge in [-0.15, -0.1) is 0 Å². The van der Waals surface area contributed by atoms with Gasteiger partial charge in [0, 0.05) is 5.92 Å². The van der Waals surface area contributed by atoms with Gasteiger partial charge in [-0.25, -0.2) is 16.8 Å². The van der Waals surface area contributed by atoms with E-state index in [9.17, 15) is 21.6 Å². The number of nitrogens with zero attached hydrogens (tertiary/aromatic N) is 1. The van der Waals surface area contributed by atoms with Crippen LogP contribution in [0.4, 0.5) is 0 Å². The molecule has 2 aromatic carbocycles. The van der Waals surface area contributed by atoms with Crippen LogP contribution in [0.2, 0.25) is 0 Å². The van der Waals surface area contributed by atoms with Gasteiger partial charge in [-0.1, -0.05) is 55.3 Å². The van der Waals surface area contributed by atoms with Crippen molar-refractivity contribution in [2.45, 2.75) is 42.1 Å². The largest absolute Gasteiger partial charge is 0.343 e. The Labute approximate surface area is 195 Å². The van der Waals surface area contributed by atoms with Crippen molar-refractivity contribution in [3.8, 4) is 6.07 Å². The molecule has 2 atom stereocenters. The molecule has 9 heteroatoms. The summed E-state index contributed by atoms with van der Waals surface area (Å²) in [6.45, 7) is -0.0938. The summed E-state index contributed by atoms with van der Waals surface area (Å²) in [6, 6.07) is 16.7. The van der Waals surface area contributed by atoms with Gasteiger partial charge in [-0.05, 0) is 42.0 Å². The normalized spacial score (nSPS) is 18.9. The highest BCUT2D eigenvalue weighted by Gasteiger charge is 2.34. The summed E-state index contributed by atoms with van der Waals surface area (Å²) in [5.41, 5.74) is 1.23. The number of amides is 1. The van der Waals surface area contributed by atoms with E-state index >= 15 is 0 Å². The summed E-state index contributed by atoms with van der Waals surface area (Å²) < 4.78 is 51.1. The molecule has 2 aromatic rings. The Kier molecular flexibility index (Phi) is 8.27. The Morgan fingerprint density at radius 1 is 0.909 bits per heavy atom. The number of carbonyl (C=O) groups excluding carboxylic acids is 1. The Hall–Kier alpha value is -2.70. The summed E-state index contributed by atoms with van der Waals surface area (Å²) in [5, 5.41) is 11.2. The van der Waals surface area contributed by atoms with Gasteiger partial charge in [0.05, 0.1) is 28.2 Å². The monoisotopic (exact) mass is 488 g/mol. The highest BCUT2D eigenvalue weighted by Crippen LogP contribution is 2.32. The topological polar surface area (TPSA) is 121 Å². The SMILES string of the molecule is N#CCNC(=O)[C@H]1CCCC[C@@H]1CS(=O)(=O)c1ccc(CS(=O)(=O)Cc2ccccc2)cc1. The van der Waals surface area contributed by atoms with Crippen LogP contribution in [0.1, 0.15) is 36.8 Å². The molecule has 1 fully saturated rings. The van der Waals surface area contributed by atoms with Crippen LogP contribution in [-0.4, -0.2) is 35.0 Å². The first-order valence-electron chi connectivity index (χ1n) is 10.9. The van der Waals surface area contributed by atoms with E-state index in [1.807, 2.05) is 12.1 Å². The van der Waals surface area contributed by atoms with Crippen LogP contribution in [-0.2, 0) is 36.0 Å². The Morgan fingerprint density at radius 3 is 2.15 bits per heavy atom. The fourth-order valence-electron chi connectivity index (χ4n) is 4.31. The van der Waals surface area contributed by atoms with E-state index in [4.69, 9.17) is 5.26 Å². The zero-order valence-corrected chi connectivity index (χ0v) is 19.9. The van der Waals surface area contributed by atoms with Gasteiger partial charge in [-0.2, -0.15) is 5.26 Å². The lowest BCUT2D eigenvalue weighted by Gasteiger charge is -2.30. The molecule has 0 saturated heterocycles. The first-order chi connectivity index (χ1) is 15.7. The molecule has 1 N–H and O–H groups in total. The number of sulfone groups is 2. The lowest BCUT2D eigenvalue weighted by atomic mass is 9.80. The van der Waals surface area contributed by atoms with Crippen LogP contribution in [0.5, 0.6) is 0 Å². The van der Waals surface area contributed by atoms with E-state index < -0.39 is 25.6 Å². The van der Waals surface area contributed by atoms with Crippen molar-refractivity contribution in [3.05, 3.63) is 65.7 Å². The Bertz CT molecular complexity index is 1200. The fraction of sp³-hybridized carbons (Fsp3) is 0.417. The second-order valence-corrected chi connectivity index (χ2v) is 12.6. The summed E-state index contributed by atoms with van der Waals surface area (Å²) in [5.74, 6) is -1.41. The van der Waals surface area contributed by atoms with Gasteiger partial charge in [0.1, 0.15) is 6.54 Å². The maximum Gasteiger partial charge on any atom is 0.224 e. The molecule has 0 heterocycles. The van der Waals surface area contributed by atoms with Gasteiger partial charge in [0.25, 0.3) is 0 Å². The molecular weight excluding hydrogens is 460 g/mol. The van der Waals surface area contributed by atoms with Gasteiger partial charge in [0.2, 0.25) is 5.91 Å². The number of nitrogens with one attached hydrogen (secondary N) is 1. The van der Waals surface area contributed by atoms with E-state index in [1.165, 1.54) is 24.3 Å². The van der Waals surface area contributed by atoms with E-state index in [0.717, 1.165) is 12.8 Å². The van der Waals surface area contributed by atoms with Gasteiger partial charge in [0.15, 0.2) is 19.7 Å². The molecule has 0 bridgehead atoms. The van der Waals surface area contributed by atoms with Gasteiger partial charge >= 0.3 is 0 Å². The first kappa shape index (κ1) is 24.9. The fourth-order valence-corrected chi connectivity index (χ4v) is 7.52. The predicted octanol–water partition coefficient (Wildman–Crippen LogP) is 3.02. The molecule has 176 valence electrons. The maximum absolute atomic E-state index is 13.0. The van der Waals surface area contributed by atoms with Crippen LogP contribution in [0, 0.1) is 23.2 Å². The Morgan fingerprint density at radius 2 is 1.52 bits per heavy atom. The van der Waals surface area contributed by atoms with Crippen LogP contribution in [0.25, 0.3) is 0 Å². The molecule has 33 heavy (non-hydrogen) atoms. The summed E-state index contributed by atoms with van der Waals surface area (Å²) in [7, 11) is -7.05. The quantitative estimate of drug-likeness (QED) is 0.542. The van der Waals surface area contributed by atoms with Gasteiger partial charge in [-0.3, -0.25) is 4.79 Å². The zero-order valence-electron chi connectivity index (χ0n) is 18.3. The molecule has 1 saturated carbocycles. The standard InChI is InChI=1S/C24H28N2O5S2/c25-14-15-26-24(27)23-9-5-4-8-21(23)18-33(30,31)22-12-10-20(11-13-22)17-32(28,29)16-19-6-2-1-3-7-19/h1-3,6-7,10-13,21,23H,4-5,8-9,15-18H2,(H,26,27)/t21-,23+/m1/s1. The van der Waals surface area contributed by atoms with Crippen molar-refractivity contribution in [2.24, 2.45) is 11.8 Å². The van der Waals surface area contributed by atoms with Crippen LogP contribution in [0.15, 0.2) is 59.5 Å². The van der Waals surface area contributed by atoms with Crippen molar-refractivity contribution >= 4 is 25.6 Å². The molecule has 0 aromatic heterocycles. The van der Waals surface area contributed by atoms with Crippen molar-refractivity contribution in [3.63, 3.8) is 0 Å². The Balaban J connectivity index is 1.67. The molecule has 7 nitrogen and oxygen atoms in total. The highest BCUT2D eigenvalue weighted by molar-refractivity contribution is 7.91. The number of hydrogen-bond acceptors (Lipinski definition) is 6. The van der Waals surface area contributed by atoms with E-state index in [1.54, 1.807) is 24.3 Å². The van der Waals surface area contributed by atoms with Gasteiger partial charge < -0.3 is 5.32 Å².